The van der Waals surface area contributed by atoms with Gasteiger partial charge in [0.05, 0.1) is 43.7 Å². The van der Waals surface area contributed by atoms with Crippen LogP contribution in [-0.2, 0) is 11.3 Å². The molecule has 10 heteroatoms. The lowest BCUT2D eigenvalue weighted by Crippen LogP contribution is -2.44. The first kappa shape index (κ1) is 17.8. The van der Waals surface area contributed by atoms with Gasteiger partial charge in [0.15, 0.2) is 5.82 Å². The number of nitrogens with one attached hydrogen (secondary N) is 2. The Morgan fingerprint density at radius 3 is 3.03 bits per heavy atom. The van der Waals surface area contributed by atoms with E-state index in [1.165, 1.54) is 12.3 Å². The van der Waals surface area contributed by atoms with Crippen molar-refractivity contribution in [1.29, 1.82) is 0 Å². The van der Waals surface area contributed by atoms with Crippen molar-refractivity contribution in [2.45, 2.75) is 37.4 Å². The van der Waals surface area contributed by atoms with Gasteiger partial charge in [-0.1, -0.05) is 0 Å². The van der Waals surface area contributed by atoms with E-state index in [2.05, 4.69) is 25.6 Å². The van der Waals surface area contributed by atoms with E-state index in [1.54, 1.807) is 10.9 Å². The number of carbonyl (C=O) groups is 1. The number of amidine groups is 1. The number of hydrogen-bond acceptors (Lipinski definition) is 7. The maximum Gasteiger partial charge on any atom is 0.257 e. The largest absolute Gasteiger partial charge is 0.377 e. The fraction of sp³-hybridized carbons (Fsp3) is 0.500. The summed E-state index contributed by atoms with van der Waals surface area (Å²) in [5.74, 6) is 1.52. The molecule has 2 N–H and O–H groups in total. The molecule has 30 heavy (non-hydrogen) atoms. The number of anilines is 1. The Morgan fingerprint density at radius 2 is 2.17 bits per heavy atom. The maximum atomic E-state index is 14.2. The van der Waals surface area contributed by atoms with Crippen LogP contribution in [0.25, 0.3) is 0 Å². The van der Waals surface area contributed by atoms with Crippen LogP contribution in [0.1, 0.15) is 41.2 Å². The minimum Gasteiger partial charge on any atom is -0.377 e. The molecule has 0 unspecified atom stereocenters. The van der Waals surface area contributed by atoms with E-state index < -0.39 is 0 Å². The van der Waals surface area contributed by atoms with Crippen LogP contribution in [0, 0.1) is 5.82 Å². The zero-order chi connectivity index (χ0) is 20.3. The summed E-state index contributed by atoms with van der Waals surface area (Å²) in [7, 11) is 0. The fourth-order valence-electron chi connectivity index (χ4n) is 4.50. The average Bonchev–Trinajstić information content (AvgIpc) is 3.38. The standard InChI is InChI=1S/C20H22FN7O2/c21-12-7-13-15-10-30-6-5-27(15)16-1-4-28-18(25-16)14(9-24-28)19(29)26-20(2-3-20)11-23-17(13)22-8-12/h7-9,15H,1-6,10-11H2,(H,22,23)(H,26,29)/t15-/m1/s1. The van der Waals surface area contributed by atoms with Crippen LogP contribution < -0.4 is 10.6 Å². The maximum absolute atomic E-state index is 14.2. The van der Waals surface area contributed by atoms with E-state index in [4.69, 9.17) is 9.73 Å². The van der Waals surface area contributed by atoms with Crippen molar-refractivity contribution in [3.8, 4) is 0 Å². The Morgan fingerprint density at radius 1 is 1.27 bits per heavy atom. The molecule has 156 valence electrons. The smallest absolute Gasteiger partial charge is 0.257 e. The number of aryl methyl sites for hydroxylation is 1. The Bertz CT molecular complexity index is 1060. The number of aliphatic imine (C=N–C) groups is 1. The minimum absolute atomic E-state index is 0.161. The molecule has 1 saturated carbocycles. The molecule has 1 aliphatic carbocycles. The number of aromatic nitrogens is 3. The Balaban J connectivity index is 1.50. The van der Waals surface area contributed by atoms with Crippen molar-refractivity contribution >= 4 is 23.4 Å². The highest BCUT2D eigenvalue weighted by Gasteiger charge is 2.45. The number of hydrogen-bond donors (Lipinski definition) is 2. The van der Waals surface area contributed by atoms with E-state index in [9.17, 15) is 9.18 Å². The third-order valence-electron chi connectivity index (χ3n) is 6.37. The number of rotatable bonds is 0. The summed E-state index contributed by atoms with van der Waals surface area (Å²) in [4.78, 5) is 24.4. The molecule has 2 aromatic heterocycles. The monoisotopic (exact) mass is 411 g/mol. The zero-order valence-electron chi connectivity index (χ0n) is 16.4. The molecule has 1 saturated heterocycles. The molecule has 2 bridgehead atoms. The average molecular weight is 411 g/mol. The van der Waals surface area contributed by atoms with Crippen LogP contribution >= 0.6 is 0 Å². The van der Waals surface area contributed by atoms with E-state index in [1.807, 2.05) is 0 Å². The van der Waals surface area contributed by atoms with Crippen molar-refractivity contribution in [2.24, 2.45) is 4.99 Å². The SMILES string of the molecule is O=C1NC2(CC2)CNc2ncc(F)cc2[C@H]2COCCN2C2=Nc3c1cnn3CC2. The highest BCUT2D eigenvalue weighted by Crippen LogP contribution is 2.39. The lowest BCUT2D eigenvalue weighted by molar-refractivity contribution is 0.0245. The van der Waals surface area contributed by atoms with Gasteiger partial charge in [-0.05, 0) is 18.9 Å². The van der Waals surface area contributed by atoms with Gasteiger partial charge in [0, 0.05) is 25.1 Å². The van der Waals surface area contributed by atoms with E-state index >= 15 is 0 Å². The molecule has 4 aliphatic rings. The molecule has 2 fully saturated rings. The number of amides is 1. The van der Waals surface area contributed by atoms with Gasteiger partial charge >= 0.3 is 0 Å². The highest BCUT2D eigenvalue weighted by atomic mass is 19.1. The highest BCUT2D eigenvalue weighted by molar-refractivity contribution is 6.00. The van der Waals surface area contributed by atoms with Crippen LogP contribution in [-0.4, -0.2) is 63.2 Å². The van der Waals surface area contributed by atoms with Gasteiger partial charge in [-0.15, -0.1) is 0 Å². The molecule has 2 aromatic rings. The van der Waals surface area contributed by atoms with Crippen molar-refractivity contribution in [2.75, 3.05) is 31.6 Å². The number of fused-ring (bicyclic) bond motifs is 4. The van der Waals surface area contributed by atoms with Gasteiger partial charge in [-0.25, -0.2) is 19.0 Å². The first-order valence-electron chi connectivity index (χ1n) is 10.3. The predicted octanol–water partition coefficient (Wildman–Crippen LogP) is 1.61. The van der Waals surface area contributed by atoms with Crippen LogP contribution in [0.2, 0.25) is 0 Å². The van der Waals surface area contributed by atoms with Gasteiger partial charge < -0.3 is 20.3 Å². The number of morpholine rings is 1. The van der Waals surface area contributed by atoms with E-state index in [0.717, 1.165) is 24.2 Å². The second-order valence-electron chi connectivity index (χ2n) is 8.35. The predicted molar refractivity (Wildman–Crippen MR) is 106 cm³/mol. The van der Waals surface area contributed by atoms with Gasteiger partial charge in [0.25, 0.3) is 5.91 Å². The molecule has 1 amide bonds. The first-order valence-corrected chi connectivity index (χ1v) is 10.3. The normalized spacial score (nSPS) is 24.3. The first-order chi connectivity index (χ1) is 14.6. The van der Waals surface area contributed by atoms with Crippen molar-refractivity contribution in [1.82, 2.24) is 25.0 Å². The summed E-state index contributed by atoms with van der Waals surface area (Å²) in [6, 6.07) is 1.32. The molecule has 5 heterocycles. The number of pyridine rings is 1. The van der Waals surface area contributed by atoms with Crippen LogP contribution in [0.15, 0.2) is 23.5 Å². The quantitative estimate of drug-likeness (QED) is 0.684. The molecule has 3 aliphatic heterocycles. The van der Waals surface area contributed by atoms with Gasteiger partial charge in [0.2, 0.25) is 0 Å². The number of ether oxygens (including phenoxy) is 1. The summed E-state index contributed by atoms with van der Waals surface area (Å²) in [5.41, 5.74) is 0.902. The second kappa shape index (κ2) is 6.49. The van der Waals surface area contributed by atoms with Gasteiger partial charge in [-0.3, -0.25) is 4.79 Å². The lowest BCUT2D eigenvalue weighted by Gasteiger charge is -2.39. The number of carbonyl (C=O) groups excluding carboxylic acids is 1. The molecule has 1 atom stereocenters. The van der Waals surface area contributed by atoms with Crippen LogP contribution in [0.4, 0.5) is 16.0 Å². The van der Waals surface area contributed by atoms with E-state index in [-0.39, 0.29) is 23.3 Å². The molecule has 1 spiro atoms. The Kier molecular flexibility index (Phi) is 3.86. The molecule has 6 rings (SSSR count). The molecular weight excluding hydrogens is 389 g/mol. The molecule has 0 aromatic carbocycles. The zero-order valence-corrected chi connectivity index (χ0v) is 16.4. The topological polar surface area (TPSA) is 96.7 Å². The Labute approximate surface area is 172 Å². The van der Waals surface area contributed by atoms with Crippen LogP contribution in [0.5, 0.6) is 0 Å². The van der Waals surface area contributed by atoms with Gasteiger partial charge in [-0.2, -0.15) is 5.10 Å². The molecular formula is C20H22FN7O2. The minimum atomic E-state index is -0.384. The summed E-state index contributed by atoms with van der Waals surface area (Å²) >= 11 is 0. The summed E-state index contributed by atoms with van der Waals surface area (Å²) < 4.78 is 21.7. The summed E-state index contributed by atoms with van der Waals surface area (Å²) in [5, 5.41) is 10.9. The third kappa shape index (κ3) is 2.85. The summed E-state index contributed by atoms with van der Waals surface area (Å²) in [6.45, 7) is 2.79. The second-order valence-corrected chi connectivity index (χ2v) is 8.35. The third-order valence-corrected chi connectivity index (χ3v) is 6.37. The summed E-state index contributed by atoms with van der Waals surface area (Å²) in [6.07, 6.45) is 5.25. The molecule has 0 radical (unpaired) electrons. The fourth-order valence-corrected chi connectivity index (χ4v) is 4.50. The van der Waals surface area contributed by atoms with Crippen LogP contribution in [0.3, 0.4) is 0 Å². The lowest BCUT2D eigenvalue weighted by atomic mass is 10.0. The van der Waals surface area contributed by atoms with Crippen molar-refractivity contribution in [3.63, 3.8) is 0 Å². The molecule has 9 nitrogen and oxygen atoms in total. The van der Waals surface area contributed by atoms with Crippen molar-refractivity contribution < 1.29 is 13.9 Å². The Hall–Kier alpha value is -3.01. The van der Waals surface area contributed by atoms with E-state index in [0.29, 0.717) is 56.5 Å². The van der Waals surface area contributed by atoms with Gasteiger partial charge in [0.1, 0.15) is 23.0 Å². The number of halogens is 1. The van der Waals surface area contributed by atoms with Crippen molar-refractivity contribution in [3.05, 3.63) is 35.4 Å². The number of nitrogens with zero attached hydrogens (tertiary/aromatic N) is 5.